The summed E-state index contributed by atoms with van der Waals surface area (Å²) in [5, 5.41) is -4.70. The van der Waals surface area contributed by atoms with Crippen LogP contribution in [-0.2, 0) is 29.2 Å². The second-order valence-corrected chi connectivity index (χ2v) is 7.87. The van der Waals surface area contributed by atoms with Gasteiger partial charge in [-0.1, -0.05) is 6.58 Å². The highest BCUT2D eigenvalue weighted by Gasteiger charge is 2.45. The van der Waals surface area contributed by atoms with Crippen molar-refractivity contribution >= 4 is 50.6 Å². The van der Waals surface area contributed by atoms with Crippen LogP contribution in [0.15, 0.2) is 30.4 Å². The van der Waals surface area contributed by atoms with E-state index in [9.17, 15) is 31.6 Å². The lowest BCUT2D eigenvalue weighted by atomic mass is 10.2. The standard InChI is InChI=1S/C15H13F2IO9S/c1-8(2)13(20)27-9-3-4-11(18)10(5-9)14(21)25-6-12(19)26-7-15(16,17)28(22,23)24/h3-5H,1,6-7H2,2H3,(H,22,23,24). The Bertz CT molecular complexity index is 912. The third-order valence-electron chi connectivity index (χ3n) is 2.82. The molecule has 0 aliphatic rings. The van der Waals surface area contributed by atoms with Gasteiger partial charge in [0.25, 0.3) is 0 Å². The van der Waals surface area contributed by atoms with Crippen molar-refractivity contribution in [1.82, 2.24) is 0 Å². The Balaban J connectivity index is 2.71. The van der Waals surface area contributed by atoms with Gasteiger partial charge < -0.3 is 14.2 Å². The van der Waals surface area contributed by atoms with Crippen LogP contribution < -0.4 is 4.74 Å². The van der Waals surface area contributed by atoms with E-state index in [-0.39, 0.29) is 16.9 Å². The molecule has 28 heavy (non-hydrogen) atoms. The topological polar surface area (TPSA) is 133 Å². The van der Waals surface area contributed by atoms with Crippen molar-refractivity contribution in [2.24, 2.45) is 0 Å². The highest BCUT2D eigenvalue weighted by Crippen LogP contribution is 2.22. The van der Waals surface area contributed by atoms with Gasteiger partial charge in [0, 0.05) is 9.14 Å². The molecule has 0 spiro atoms. The van der Waals surface area contributed by atoms with Crippen LogP contribution in [0.25, 0.3) is 0 Å². The molecule has 0 aliphatic heterocycles. The summed E-state index contributed by atoms with van der Waals surface area (Å²) in [5.74, 6) is -3.27. The van der Waals surface area contributed by atoms with Crippen LogP contribution in [0.4, 0.5) is 8.78 Å². The maximum atomic E-state index is 12.9. The zero-order valence-electron chi connectivity index (χ0n) is 14.1. The summed E-state index contributed by atoms with van der Waals surface area (Å²) < 4.78 is 68.8. The highest BCUT2D eigenvalue weighted by atomic mass is 127. The van der Waals surface area contributed by atoms with E-state index in [0.29, 0.717) is 3.57 Å². The van der Waals surface area contributed by atoms with Gasteiger partial charge in [0.1, 0.15) is 5.75 Å². The van der Waals surface area contributed by atoms with Crippen molar-refractivity contribution in [3.05, 3.63) is 39.5 Å². The van der Waals surface area contributed by atoms with E-state index in [2.05, 4.69) is 16.1 Å². The van der Waals surface area contributed by atoms with Gasteiger partial charge >= 0.3 is 33.3 Å². The number of halogens is 3. The lowest BCUT2D eigenvalue weighted by molar-refractivity contribution is -0.153. The molecule has 0 saturated carbocycles. The fourth-order valence-electron chi connectivity index (χ4n) is 1.40. The smallest absolute Gasteiger partial charge is 0.402 e. The van der Waals surface area contributed by atoms with Crippen molar-refractivity contribution < 1.29 is 50.3 Å². The van der Waals surface area contributed by atoms with E-state index in [4.69, 9.17) is 9.29 Å². The summed E-state index contributed by atoms with van der Waals surface area (Å²) in [7, 11) is -5.77. The summed E-state index contributed by atoms with van der Waals surface area (Å²) >= 11 is 1.76. The fraction of sp³-hybridized carbons (Fsp3) is 0.267. The van der Waals surface area contributed by atoms with E-state index in [1.807, 2.05) is 0 Å². The minimum atomic E-state index is -5.77. The van der Waals surface area contributed by atoms with Crippen LogP contribution in [0.2, 0.25) is 0 Å². The number of carbonyl (C=O) groups excluding carboxylic acids is 3. The van der Waals surface area contributed by atoms with Crippen molar-refractivity contribution in [3.8, 4) is 5.75 Å². The molecule has 1 N–H and O–H groups in total. The van der Waals surface area contributed by atoms with Gasteiger partial charge in [0.05, 0.1) is 5.56 Å². The number of benzene rings is 1. The molecule has 0 atom stereocenters. The van der Waals surface area contributed by atoms with E-state index < -0.39 is 46.5 Å². The molecule has 154 valence electrons. The Hall–Kier alpha value is -2.13. The SMILES string of the molecule is C=C(C)C(=O)Oc1ccc(I)c(C(=O)OCC(=O)OCC(F)(F)S(=O)(=O)O)c1. The first-order chi connectivity index (χ1) is 12.7. The first-order valence-electron chi connectivity index (χ1n) is 7.09. The van der Waals surface area contributed by atoms with E-state index in [0.717, 1.165) is 6.07 Å². The number of ether oxygens (including phenoxy) is 3. The molecular formula is C15H13F2IO9S. The Morgan fingerprint density at radius 2 is 1.86 bits per heavy atom. The number of carbonyl (C=O) groups is 3. The summed E-state index contributed by atoms with van der Waals surface area (Å²) in [6, 6.07) is 3.97. The number of alkyl halides is 2. The molecule has 0 aliphatic carbocycles. The Morgan fingerprint density at radius 1 is 1.25 bits per heavy atom. The minimum absolute atomic E-state index is 0.00395. The van der Waals surface area contributed by atoms with Crippen molar-refractivity contribution in [2.75, 3.05) is 13.2 Å². The molecule has 0 radical (unpaired) electrons. The van der Waals surface area contributed by atoms with Crippen molar-refractivity contribution in [2.45, 2.75) is 12.2 Å². The zero-order valence-corrected chi connectivity index (χ0v) is 17.1. The van der Waals surface area contributed by atoms with Crippen molar-refractivity contribution in [3.63, 3.8) is 0 Å². The normalized spacial score (nSPS) is 11.5. The minimum Gasteiger partial charge on any atom is -0.455 e. The Labute approximate surface area is 171 Å². The molecule has 0 aromatic heterocycles. The number of hydrogen-bond donors (Lipinski definition) is 1. The molecule has 0 bridgehead atoms. The highest BCUT2D eigenvalue weighted by molar-refractivity contribution is 14.1. The largest absolute Gasteiger partial charge is 0.455 e. The third-order valence-corrected chi connectivity index (χ3v) is 4.63. The summed E-state index contributed by atoms with van der Waals surface area (Å²) in [6.07, 6.45) is 0. The van der Waals surface area contributed by atoms with Crippen LogP contribution in [0.3, 0.4) is 0 Å². The first kappa shape index (κ1) is 23.9. The average Bonchev–Trinajstić information content (AvgIpc) is 2.58. The van der Waals surface area contributed by atoms with Gasteiger partial charge in [-0.05, 0) is 47.7 Å². The Morgan fingerprint density at radius 3 is 2.39 bits per heavy atom. The molecular weight excluding hydrogens is 521 g/mol. The van der Waals surface area contributed by atoms with E-state index in [1.54, 1.807) is 22.6 Å². The third kappa shape index (κ3) is 6.79. The van der Waals surface area contributed by atoms with Crippen molar-refractivity contribution in [1.29, 1.82) is 0 Å². The van der Waals surface area contributed by atoms with Gasteiger partial charge in [0.15, 0.2) is 13.2 Å². The lowest BCUT2D eigenvalue weighted by Crippen LogP contribution is -2.35. The summed E-state index contributed by atoms with van der Waals surface area (Å²) in [4.78, 5) is 34.9. The molecule has 1 aromatic rings. The predicted molar refractivity (Wildman–Crippen MR) is 97.3 cm³/mol. The predicted octanol–water partition coefficient (Wildman–Crippen LogP) is 1.95. The van der Waals surface area contributed by atoms with Gasteiger partial charge in [0.2, 0.25) is 0 Å². The van der Waals surface area contributed by atoms with Crippen LogP contribution in [-0.4, -0.2) is 49.3 Å². The molecule has 13 heteroatoms. The molecule has 0 heterocycles. The van der Waals surface area contributed by atoms with Gasteiger partial charge in [-0.25, -0.2) is 14.4 Å². The second-order valence-electron chi connectivity index (χ2n) is 5.16. The molecule has 0 amide bonds. The van der Waals surface area contributed by atoms with E-state index in [1.165, 1.54) is 19.1 Å². The fourth-order valence-corrected chi connectivity index (χ4v) is 2.16. The summed E-state index contributed by atoms with van der Waals surface area (Å²) in [5.41, 5.74) is 0.0239. The molecule has 9 nitrogen and oxygen atoms in total. The zero-order chi connectivity index (χ0) is 21.7. The molecule has 1 rings (SSSR count). The molecule has 0 unspecified atom stereocenters. The quantitative estimate of drug-likeness (QED) is 0.175. The van der Waals surface area contributed by atoms with Gasteiger partial charge in [-0.2, -0.15) is 17.2 Å². The summed E-state index contributed by atoms with van der Waals surface area (Å²) in [6.45, 7) is 1.76. The average molecular weight is 534 g/mol. The maximum Gasteiger partial charge on any atom is 0.402 e. The van der Waals surface area contributed by atoms with Crippen LogP contribution >= 0.6 is 22.6 Å². The van der Waals surface area contributed by atoms with Crippen LogP contribution in [0.5, 0.6) is 5.75 Å². The number of rotatable bonds is 8. The van der Waals surface area contributed by atoms with Gasteiger partial charge in [-0.15, -0.1) is 0 Å². The number of esters is 3. The van der Waals surface area contributed by atoms with Gasteiger partial charge in [-0.3, -0.25) is 4.55 Å². The second kappa shape index (κ2) is 9.38. The van der Waals surface area contributed by atoms with E-state index >= 15 is 0 Å². The van der Waals surface area contributed by atoms with Crippen LogP contribution in [0.1, 0.15) is 17.3 Å². The molecule has 0 saturated heterocycles. The Kier molecular flexibility index (Phi) is 8.01. The van der Waals surface area contributed by atoms with Crippen LogP contribution in [0, 0.1) is 3.57 Å². The number of hydrogen-bond acceptors (Lipinski definition) is 8. The maximum absolute atomic E-state index is 12.9. The first-order valence-corrected chi connectivity index (χ1v) is 9.61. The molecule has 1 aromatic carbocycles. The molecule has 0 fully saturated rings. The monoisotopic (exact) mass is 534 g/mol. The lowest BCUT2D eigenvalue weighted by Gasteiger charge is -2.13.